The largest absolute Gasteiger partial charge is 0.0738 e. The van der Waals surface area contributed by atoms with Crippen LogP contribution in [0.1, 0.15) is 11.1 Å². The molecular weight excluding hydrogens is 248 g/mol. The number of benzene rings is 2. The fourth-order valence-electron chi connectivity index (χ4n) is 2.37. The van der Waals surface area contributed by atoms with Crippen LogP contribution in [0.2, 0.25) is 13.1 Å². The van der Waals surface area contributed by atoms with E-state index in [-0.39, 0.29) is 0 Å². The summed E-state index contributed by atoms with van der Waals surface area (Å²) in [5.74, 6) is 0. The van der Waals surface area contributed by atoms with Crippen molar-refractivity contribution in [2.75, 3.05) is 0 Å². The maximum Gasteiger partial charge on any atom is 0.0298 e. The molecule has 18 heavy (non-hydrogen) atoms. The SMILES string of the molecule is C[SiH](Cc1ccccc1)[SiH](C)Cc1ccccc1. The number of hydrogen-bond acceptors (Lipinski definition) is 0. The summed E-state index contributed by atoms with van der Waals surface area (Å²) < 4.78 is 0. The molecule has 0 saturated heterocycles. The highest BCUT2D eigenvalue weighted by Crippen LogP contribution is 2.09. The van der Waals surface area contributed by atoms with Gasteiger partial charge < -0.3 is 0 Å². The van der Waals surface area contributed by atoms with Crippen LogP contribution < -0.4 is 0 Å². The zero-order valence-corrected chi connectivity index (χ0v) is 13.7. The molecule has 0 N–H and O–H groups in total. The van der Waals surface area contributed by atoms with Gasteiger partial charge in [-0.15, -0.1) is 0 Å². The summed E-state index contributed by atoms with van der Waals surface area (Å²) in [6.07, 6.45) is 0. The molecule has 0 nitrogen and oxygen atoms in total. The topological polar surface area (TPSA) is 0 Å². The first kappa shape index (κ1) is 13.3. The van der Waals surface area contributed by atoms with Gasteiger partial charge in [0.2, 0.25) is 0 Å². The van der Waals surface area contributed by atoms with Crippen LogP contribution in [0, 0.1) is 0 Å². The highest BCUT2D eigenvalue weighted by Gasteiger charge is 2.16. The normalized spacial score (nSPS) is 14.1. The van der Waals surface area contributed by atoms with Crippen molar-refractivity contribution in [3.05, 3.63) is 71.8 Å². The Balaban J connectivity index is 1.91. The van der Waals surface area contributed by atoms with E-state index in [1.54, 1.807) is 11.1 Å². The molecule has 0 amide bonds. The van der Waals surface area contributed by atoms with Crippen LogP contribution in [0.25, 0.3) is 0 Å². The average Bonchev–Trinajstić information content (AvgIpc) is 2.41. The van der Waals surface area contributed by atoms with E-state index < -0.39 is 16.6 Å². The molecule has 0 saturated carbocycles. The van der Waals surface area contributed by atoms with E-state index in [1.165, 1.54) is 12.1 Å². The molecule has 0 fully saturated rings. The highest BCUT2D eigenvalue weighted by atomic mass is 29.2. The summed E-state index contributed by atoms with van der Waals surface area (Å²) in [6.45, 7) is 5.12. The first-order valence-electron chi connectivity index (χ1n) is 6.83. The van der Waals surface area contributed by atoms with Crippen LogP contribution in [0.3, 0.4) is 0 Å². The molecule has 0 aliphatic heterocycles. The quantitative estimate of drug-likeness (QED) is 0.731. The lowest BCUT2D eigenvalue weighted by Crippen LogP contribution is -2.34. The summed E-state index contributed by atoms with van der Waals surface area (Å²) in [6, 6.07) is 24.8. The van der Waals surface area contributed by atoms with E-state index >= 15 is 0 Å². The fourth-order valence-corrected chi connectivity index (χ4v) is 9.26. The molecule has 2 unspecified atom stereocenters. The van der Waals surface area contributed by atoms with E-state index in [0.29, 0.717) is 0 Å². The van der Waals surface area contributed by atoms with Gasteiger partial charge in [-0.05, 0) is 12.1 Å². The van der Waals surface area contributed by atoms with Crippen LogP contribution in [0.5, 0.6) is 0 Å². The third-order valence-electron chi connectivity index (χ3n) is 3.77. The fraction of sp³-hybridized carbons (Fsp3) is 0.250. The lowest BCUT2D eigenvalue weighted by Gasteiger charge is -2.17. The van der Waals surface area contributed by atoms with Crippen LogP contribution in [0.15, 0.2) is 60.7 Å². The minimum absolute atomic E-state index is 0.554. The molecule has 0 aliphatic rings. The van der Waals surface area contributed by atoms with Gasteiger partial charge in [0.1, 0.15) is 0 Å². The van der Waals surface area contributed by atoms with Gasteiger partial charge in [0.05, 0.1) is 0 Å². The molecule has 2 rings (SSSR count). The van der Waals surface area contributed by atoms with Gasteiger partial charge >= 0.3 is 0 Å². The molecule has 0 aromatic heterocycles. The minimum atomic E-state index is -0.554. The average molecular weight is 271 g/mol. The van der Waals surface area contributed by atoms with Crippen molar-refractivity contribution in [3.63, 3.8) is 0 Å². The molecular formula is C16H22Si2. The molecule has 0 heterocycles. The van der Waals surface area contributed by atoms with Crippen molar-refractivity contribution in [1.82, 2.24) is 0 Å². The monoisotopic (exact) mass is 270 g/mol. The molecule has 0 bridgehead atoms. The third-order valence-corrected chi connectivity index (χ3v) is 15.2. The number of rotatable bonds is 5. The Morgan fingerprint density at radius 3 is 1.28 bits per heavy atom. The molecule has 2 aromatic carbocycles. The third kappa shape index (κ3) is 3.96. The zero-order chi connectivity index (χ0) is 12.8. The van der Waals surface area contributed by atoms with Gasteiger partial charge in [-0.3, -0.25) is 0 Å². The predicted octanol–water partition coefficient (Wildman–Crippen LogP) is 3.34. The van der Waals surface area contributed by atoms with Crippen molar-refractivity contribution in [1.29, 1.82) is 0 Å². The van der Waals surface area contributed by atoms with E-state index in [4.69, 9.17) is 0 Å². The summed E-state index contributed by atoms with van der Waals surface area (Å²) in [5.41, 5.74) is 3.09. The predicted molar refractivity (Wildman–Crippen MR) is 86.3 cm³/mol. The molecule has 94 valence electrons. The van der Waals surface area contributed by atoms with Crippen LogP contribution >= 0.6 is 0 Å². The lowest BCUT2D eigenvalue weighted by atomic mass is 10.2. The number of hydrogen-bond donors (Lipinski definition) is 0. The van der Waals surface area contributed by atoms with Gasteiger partial charge in [-0.25, -0.2) is 0 Å². The summed E-state index contributed by atoms with van der Waals surface area (Å²) in [5, 5.41) is 0. The van der Waals surface area contributed by atoms with Crippen molar-refractivity contribution in [2.45, 2.75) is 25.2 Å². The summed E-state index contributed by atoms with van der Waals surface area (Å²) in [7, 11) is -1.11. The van der Waals surface area contributed by atoms with Gasteiger partial charge in [-0.2, -0.15) is 0 Å². The van der Waals surface area contributed by atoms with E-state index in [0.717, 1.165) is 0 Å². The second-order valence-corrected chi connectivity index (χ2v) is 16.9. The van der Waals surface area contributed by atoms with E-state index in [2.05, 4.69) is 73.8 Å². The lowest BCUT2D eigenvalue weighted by molar-refractivity contribution is 1.34. The molecule has 0 aliphatic carbocycles. The Hall–Kier alpha value is -1.13. The maximum atomic E-state index is 2.56. The minimum Gasteiger partial charge on any atom is -0.0738 e. The van der Waals surface area contributed by atoms with E-state index in [9.17, 15) is 0 Å². The Bertz CT molecular complexity index is 408. The zero-order valence-electron chi connectivity index (χ0n) is 11.3. The Kier molecular flexibility index (Phi) is 4.96. The van der Waals surface area contributed by atoms with Crippen molar-refractivity contribution in [2.24, 2.45) is 0 Å². The smallest absolute Gasteiger partial charge is 0.0298 e. The van der Waals surface area contributed by atoms with Gasteiger partial charge in [-0.1, -0.05) is 84.9 Å². The molecule has 2 aromatic rings. The Labute approximate surface area is 114 Å². The standard InChI is InChI=1S/C16H22Si2/c1-17(13-15-9-5-3-6-10-15)18(2)14-16-11-7-4-8-12-16/h3-12,17-18H,13-14H2,1-2H3. The van der Waals surface area contributed by atoms with Crippen molar-refractivity contribution >= 4 is 16.6 Å². The second-order valence-electron chi connectivity index (χ2n) is 5.33. The maximum absolute atomic E-state index is 2.56. The summed E-state index contributed by atoms with van der Waals surface area (Å²) >= 11 is 0. The highest BCUT2D eigenvalue weighted by molar-refractivity contribution is 7.20. The van der Waals surface area contributed by atoms with Crippen molar-refractivity contribution < 1.29 is 0 Å². The van der Waals surface area contributed by atoms with Crippen molar-refractivity contribution in [3.8, 4) is 0 Å². The molecule has 0 spiro atoms. The second kappa shape index (κ2) is 6.71. The van der Waals surface area contributed by atoms with Crippen LogP contribution in [-0.4, -0.2) is 16.6 Å². The molecule has 0 radical (unpaired) electrons. The first-order chi connectivity index (χ1) is 8.75. The Morgan fingerprint density at radius 1 is 0.611 bits per heavy atom. The molecule has 2 atom stereocenters. The van der Waals surface area contributed by atoms with E-state index in [1.807, 2.05) is 0 Å². The Morgan fingerprint density at radius 2 is 0.944 bits per heavy atom. The van der Waals surface area contributed by atoms with Gasteiger partial charge in [0.15, 0.2) is 0 Å². The van der Waals surface area contributed by atoms with Crippen LogP contribution in [-0.2, 0) is 12.1 Å². The van der Waals surface area contributed by atoms with Crippen LogP contribution in [0.4, 0.5) is 0 Å². The van der Waals surface area contributed by atoms with Gasteiger partial charge in [0, 0.05) is 16.6 Å². The van der Waals surface area contributed by atoms with Gasteiger partial charge in [0.25, 0.3) is 0 Å². The molecule has 2 heteroatoms. The first-order valence-corrected chi connectivity index (χ1v) is 13.4. The summed E-state index contributed by atoms with van der Waals surface area (Å²) in [4.78, 5) is 0.